The Morgan fingerprint density at radius 2 is 1.75 bits per heavy atom. The smallest absolute Gasteiger partial charge is 0.225 e. The topological polar surface area (TPSA) is 20.3 Å². The Hall–Kier alpha value is -0.530. The number of amides is 1. The van der Waals surface area contributed by atoms with Crippen molar-refractivity contribution in [1.29, 1.82) is 0 Å². The fraction of sp³-hybridized carbons (Fsp3) is 0.944. The molecule has 20 heavy (non-hydrogen) atoms. The third-order valence-electron chi connectivity index (χ3n) is 5.64. The van der Waals surface area contributed by atoms with E-state index >= 15 is 0 Å². The highest BCUT2D eigenvalue weighted by atomic mass is 16.2. The van der Waals surface area contributed by atoms with Gasteiger partial charge in [0, 0.05) is 19.0 Å². The molecule has 2 heteroatoms. The van der Waals surface area contributed by atoms with Crippen LogP contribution in [0.3, 0.4) is 0 Å². The van der Waals surface area contributed by atoms with Crippen LogP contribution < -0.4 is 0 Å². The first-order valence-electron chi connectivity index (χ1n) is 8.70. The summed E-state index contributed by atoms with van der Waals surface area (Å²) in [6, 6.07) is 0. The lowest BCUT2D eigenvalue weighted by atomic mass is 9.69. The third kappa shape index (κ3) is 3.77. The van der Waals surface area contributed by atoms with Crippen molar-refractivity contribution in [3.05, 3.63) is 0 Å². The minimum absolute atomic E-state index is 0.299. The number of rotatable bonds is 4. The Morgan fingerprint density at radius 1 is 1.10 bits per heavy atom. The van der Waals surface area contributed by atoms with Gasteiger partial charge >= 0.3 is 0 Å². The zero-order chi connectivity index (χ0) is 14.8. The van der Waals surface area contributed by atoms with E-state index in [9.17, 15) is 4.79 Å². The van der Waals surface area contributed by atoms with Gasteiger partial charge in [0.05, 0.1) is 0 Å². The summed E-state index contributed by atoms with van der Waals surface area (Å²) in [5.74, 6) is 2.26. The highest BCUT2D eigenvalue weighted by Gasteiger charge is 2.35. The molecule has 0 heterocycles. The van der Waals surface area contributed by atoms with E-state index in [1.807, 2.05) is 0 Å². The summed E-state index contributed by atoms with van der Waals surface area (Å²) in [6.07, 6.45) is 8.81. The minimum Gasteiger partial charge on any atom is -0.342 e. The van der Waals surface area contributed by atoms with Crippen LogP contribution in [0.15, 0.2) is 0 Å². The molecule has 2 nitrogen and oxygen atoms in total. The molecule has 0 N–H and O–H groups in total. The second-order valence-corrected chi connectivity index (χ2v) is 8.10. The number of hydrogen-bond acceptors (Lipinski definition) is 1. The van der Waals surface area contributed by atoms with Gasteiger partial charge in [0.25, 0.3) is 0 Å². The van der Waals surface area contributed by atoms with Gasteiger partial charge in [-0.2, -0.15) is 0 Å². The molecule has 2 atom stereocenters. The van der Waals surface area contributed by atoms with Gasteiger partial charge in [-0.25, -0.2) is 0 Å². The first-order chi connectivity index (χ1) is 9.41. The van der Waals surface area contributed by atoms with Crippen LogP contribution in [0.5, 0.6) is 0 Å². The molecule has 2 aliphatic carbocycles. The number of nitrogens with zero attached hydrogens (tertiary/aromatic N) is 1. The van der Waals surface area contributed by atoms with Gasteiger partial charge in [0.1, 0.15) is 0 Å². The maximum absolute atomic E-state index is 12.8. The highest BCUT2D eigenvalue weighted by Crippen LogP contribution is 2.41. The first-order valence-corrected chi connectivity index (χ1v) is 8.70. The van der Waals surface area contributed by atoms with Gasteiger partial charge in [-0.05, 0) is 56.3 Å². The molecule has 0 aromatic rings. The van der Waals surface area contributed by atoms with Crippen molar-refractivity contribution in [2.45, 2.75) is 72.6 Å². The molecular weight excluding hydrogens is 246 g/mol. The van der Waals surface area contributed by atoms with Crippen LogP contribution in [0.4, 0.5) is 0 Å². The average Bonchev–Trinajstić information content (AvgIpc) is 2.36. The Balaban J connectivity index is 1.92. The quantitative estimate of drug-likeness (QED) is 0.742. The van der Waals surface area contributed by atoms with Gasteiger partial charge < -0.3 is 4.90 Å². The Morgan fingerprint density at radius 3 is 2.25 bits per heavy atom. The molecule has 2 rings (SSSR count). The maximum atomic E-state index is 12.8. The van der Waals surface area contributed by atoms with E-state index in [0.29, 0.717) is 23.2 Å². The van der Waals surface area contributed by atoms with Crippen molar-refractivity contribution in [3.63, 3.8) is 0 Å². The van der Waals surface area contributed by atoms with Gasteiger partial charge in [0.2, 0.25) is 5.91 Å². The zero-order valence-electron chi connectivity index (χ0n) is 14.0. The van der Waals surface area contributed by atoms with E-state index in [-0.39, 0.29) is 0 Å². The molecule has 0 saturated heterocycles. The SMILES string of the molecule is CCN(CC1CCC1)C(=O)C1CCCC(C(C)(C)C)C1. The molecule has 2 unspecified atom stereocenters. The lowest BCUT2D eigenvalue weighted by Gasteiger charge is -2.39. The number of hydrogen-bond donors (Lipinski definition) is 0. The lowest BCUT2D eigenvalue weighted by Crippen LogP contribution is -2.42. The van der Waals surface area contributed by atoms with Crippen molar-refractivity contribution in [1.82, 2.24) is 4.90 Å². The predicted molar refractivity (Wildman–Crippen MR) is 84.5 cm³/mol. The molecule has 2 saturated carbocycles. The molecule has 0 radical (unpaired) electrons. The highest BCUT2D eigenvalue weighted by molar-refractivity contribution is 5.79. The van der Waals surface area contributed by atoms with E-state index in [1.54, 1.807) is 0 Å². The molecule has 0 aliphatic heterocycles. The molecule has 0 aromatic heterocycles. The summed E-state index contributed by atoms with van der Waals surface area (Å²) in [4.78, 5) is 15.0. The molecular formula is C18H33NO. The summed E-state index contributed by atoms with van der Waals surface area (Å²) >= 11 is 0. The average molecular weight is 279 g/mol. The molecule has 2 aliphatic rings. The van der Waals surface area contributed by atoms with E-state index < -0.39 is 0 Å². The molecule has 2 fully saturated rings. The standard InChI is InChI=1S/C18H33NO/c1-5-19(13-14-8-6-9-14)17(20)15-10-7-11-16(12-15)18(2,3)4/h14-16H,5-13H2,1-4H3. The predicted octanol–water partition coefficient (Wildman–Crippen LogP) is 4.49. The van der Waals surface area contributed by atoms with E-state index in [1.165, 1.54) is 32.1 Å². The van der Waals surface area contributed by atoms with Gasteiger partial charge in [-0.3, -0.25) is 4.79 Å². The molecule has 0 bridgehead atoms. The van der Waals surface area contributed by atoms with Crippen LogP contribution in [-0.2, 0) is 4.79 Å². The van der Waals surface area contributed by atoms with E-state index in [4.69, 9.17) is 0 Å². The lowest BCUT2D eigenvalue weighted by molar-refractivity contribution is -0.138. The first kappa shape index (κ1) is 15.9. The molecule has 0 aromatic carbocycles. The Bertz CT molecular complexity index is 327. The van der Waals surface area contributed by atoms with Crippen LogP contribution in [0.25, 0.3) is 0 Å². The normalized spacial score (nSPS) is 28.0. The largest absolute Gasteiger partial charge is 0.342 e. The maximum Gasteiger partial charge on any atom is 0.225 e. The second kappa shape index (κ2) is 6.49. The fourth-order valence-electron chi connectivity index (χ4n) is 3.82. The minimum atomic E-state index is 0.299. The van der Waals surface area contributed by atoms with Gasteiger partial charge in [-0.15, -0.1) is 0 Å². The Labute approximate surface area is 125 Å². The monoisotopic (exact) mass is 279 g/mol. The van der Waals surface area contributed by atoms with Crippen molar-refractivity contribution >= 4 is 5.91 Å². The van der Waals surface area contributed by atoms with Crippen molar-refractivity contribution in [2.75, 3.05) is 13.1 Å². The van der Waals surface area contributed by atoms with Crippen molar-refractivity contribution < 1.29 is 4.79 Å². The van der Waals surface area contributed by atoms with Crippen molar-refractivity contribution in [3.8, 4) is 0 Å². The summed E-state index contributed by atoms with van der Waals surface area (Å²) < 4.78 is 0. The Kier molecular flexibility index (Phi) is 5.14. The fourth-order valence-corrected chi connectivity index (χ4v) is 3.82. The van der Waals surface area contributed by atoms with E-state index in [0.717, 1.165) is 31.8 Å². The number of carbonyl (C=O) groups excluding carboxylic acids is 1. The van der Waals surface area contributed by atoms with Gasteiger partial charge in [0.15, 0.2) is 0 Å². The summed E-state index contributed by atoms with van der Waals surface area (Å²) in [7, 11) is 0. The summed E-state index contributed by atoms with van der Waals surface area (Å²) in [6.45, 7) is 11.0. The van der Waals surface area contributed by atoms with Crippen LogP contribution in [0, 0.1) is 23.2 Å². The third-order valence-corrected chi connectivity index (χ3v) is 5.64. The summed E-state index contributed by atoms with van der Waals surface area (Å²) in [5, 5.41) is 0. The van der Waals surface area contributed by atoms with Crippen LogP contribution in [0.2, 0.25) is 0 Å². The number of carbonyl (C=O) groups is 1. The van der Waals surface area contributed by atoms with Crippen LogP contribution >= 0.6 is 0 Å². The zero-order valence-corrected chi connectivity index (χ0v) is 14.0. The summed E-state index contributed by atoms with van der Waals surface area (Å²) in [5.41, 5.74) is 0.351. The van der Waals surface area contributed by atoms with Crippen LogP contribution in [-0.4, -0.2) is 23.9 Å². The molecule has 1 amide bonds. The van der Waals surface area contributed by atoms with E-state index in [2.05, 4.69) is 32.6 Å². The van der Waals surface area contributed by atoms with Crippen molar-refractivity contribution in [2.24, 2.45) is 23.2 Å². The second-order valence-electron chi connectivity index (χ2n) is 8.10. The molecule has 116 valence electrons. The van der Waals surface area contributed by atoms with Gasteiger partial charge in [-0.1, -0.05) is 33.6 Å². The molecule has 0 spiro atoms. The van der Waals surface area contributed by atoms with Crippen LogP contribution in [0.1, 0.15) is 72.6 Å².